The number of fused-ring (bicyclic) bond motifs is 4. The van der Waals surface area contributed by atoms with Crippen LogP contribution in [-0.4, -0.2) is 26.6 Å². The zero-order chi connectivity index (χ0) is 22.6. The Balaban J connectivity index is 1.87. The summed E-state index contributed by atoms with van der Waals surface area (Å²) in [5.74, 6) is -1.03. The third kappa shape index (κ3) is 3.59. The predicted molar refractivity (Wildman–Crippen MR) is 125 cm³/mol. The van der Waals surface area contributed by atoms with E-state index in [2.05, 4.69) is 4.98 Å². The van der Waals surface area contributed by atoms with Gasteiger partial charge in [-0.2, -0.15) is 0 Å². The van der Waals surface area contributed by atoms with Crippen molar-refractivity contribution >= 4 is 38.6 Å². The van der Waals surface area contributed by atoms with Crippen LogP contribution in [-0.2, 0) is 22.4 Å². The van der Waals surface area contributed by atoms with Gasteiger partial charge in [0.1, 0.15) is 10.3 Å². The number of furan rings is 1. The largest absolute Gasteiger partial charge is 0.479 e. The average Bonchev–Trinajstić information content (AvgIpc) is 3.33. The summed E-state index contributed by atoms with van der Waals surface area (Å²) < 4.78 is 11.7. The Bertz CT molecular complexity index is 1350. The van der Waals surface area contributed by atoms with Crippen molar-refractivity contribution in [2.24, 2.45) is 0 Å². The molecule has 0 unspecified atom stereocenters. The number of aromatic nitrogens is 2. The lowest BCUT2D eigenvalue weighted by atomic mass is 9.88. The van der Waals surface area contributed by atoms with E-state index in [1.807, 2.05) is 39.8 Å². The van der Waals surface area contributed by atoms with Crippen molar-refractivity contribution in [2.45, 2.75) is 65.1 Å². The molecule has 4 aromatic rings. The van der Waals surface area contributed by atoms with E-state index in [0.717, 1.165) is 46.1 Å². The van der Waals surface area contributed by atoms with E-state index in [1.54, 1.807) is 23.8 Å². The molecule has 0 saturated heterocycles. The summed E-state index contributed by atoms with van der Waals surface area (Å²) in [4.78, 5) is 24.2. The first kappa shape index (κ1) is 21.1. The SMILES string of the molecule is Cc1nc2sc3c(c2c(-c2cnc4ccoc4c2)c1[C@H](OC(C)(C)C)C(=O)O)CCCC3. The molecule has 5 rings (SSSR count). The topological polar surface area (TPSA) is 85.5 Å². The van der Waals surface area contributed by atoms with Gasteiger partial charge in [0.25, 0.3) is 0 Å². The lowest BCUT2D eigenvalue weighted by Crippen LogP contribution is -2.28. The van der Waals surface area contributed by atoms with Gasteiger partial charge in [0.15, 0.2) is 11.7 Å². The second kappa shape index (κ2) is 7.67. The molecule has 4 heterocycles. The third-order valence-corrected chi connectivity index (χ3v) is 7.07. The molecule has 7 heteroatoms. The van der Waals surface area contributed by atoms with Gasteiger partial charge in [-0.15, -0.1) is 11.3 Å². The van der Waals surface area contributed by atoms with Crippen molar-refractivity contribution in [3.05, 3.63) is 46.3 Å². The maximum Gasteiger partial charge on any atom is 0.337 e. The quantitative estimate of drug-likeness (QED) is 0.396. The standard InChI is InChI=1S/C25H26N2O4S/c1-13-19(22(24(28)29)31-25(2,3)4)20(14-11-17-16(26-12-14)9-10-30-17)21-15-7-5-6-8-18(15)32-23(21)27-13/h9-12,22H,5-8H2,1-4H3,(H,28,29)/t22-/m0/s1. The second-order valence-corrected chi connectivity index (χ2v) is 10.4. The lowest BCUT2D eigenvalue weighted by Gasteiger charge is -2.28. The fourth-order valence-corrected chi connectivity index (χ4v) is 5.92. The molecule has 0 aromatic carbocycles. The molecule has 6 nitrogen and oxygen atoms in total. The minimum Gasteiger partial charge on any atom is -0.479 e. The zero-order valence-electron chi connectivity index (χ0n) is 18.7. The molecule has 166 valence electrons. The Morgan fingerprint density at radius 2 is 2.06 bits per heavy atom. The fourth-order valence-electron chi connectivity index (χ4n) is 4.61. The molecule has 0 spiro atoms. The van der Waals surface area contributed by atoms with Crippen LogP contribution < -0.4 is 0 Å². The van der Waals surface area contributed by atoms with Crippen LogP contribution in [0.25, 0.3) is 32.4 Å². The molecule has 1 N–H and O–H groups in total. The van der Waals surface area contributed by atoms with Gasteiger partial charge in [-0.25, -0.2) is 9.78 Å². The highest BCUT2D eigenvalue weighted by atomic mass is 32.1. The van der Waals surface area contributed by atoms with Gasteiger partial charge >= 0.3 is 5.97 Å². The Labute approximate surface area is 190 Å². The lowest BCUT2D eigenvalue weighted by molar-refractivity contribution is -0.160. The van der Waals surface area contributed by atoms with E-state index in [0.29, 0.717) is 16.8 Å². The average molecular weight is 451 g/mol. The van der Waals surface area contributed by atoms with E-state index in [4.69, 9.17) is 14.1 Å². The Morgan fingerprint density at radius 1 is 1.28 bits per heavy atom. The number of pyridine rings is 2. The highest BCUT2D eigenvalue weighted by Gasteiger charge is 2.34. The maximum atomic E-state index is 12.5. The van der Waals surface area contributed by atoms with Crippen LogP contribution in [0.5, 0.6) is 0 Å². The monoisotopic (exact) mass is 450 g/mol. The summed E-state index contributed by atoms with van der Waals surface area (Å²) in [5.41, 5.74) is 5.04. The molecule has 0 bridgehead atoms. The second-order valence-electron chi connectivity index (χ2n) is 9.35. The fraction of sp³-hybridized carbons (Fsp3) is 0.400. The van der Waals surface area contributed by atoms with Gasteiger partial charge < -0.3 is 14.3 Å². The van der Waals surface area contributed by atoms with Gasteiger partial charge in [-0.1, -0.05) is 0 Å². The van der Waals surface area contributed by atoms with E-state index in [-0.39, 0.29) is 0 Å². The highest BCUT2D eigenvalue weighted by Crippen LogP contribution is 2.46. The number of rotatable bonds is 4. The number of ether oxygens (including phenoxy) is 1. The molecule has 32 heavy (non-hydrogen) atoms. The molecular weight excluding hydrogens is 424 g/mol. The first-order valence-corrected chi connectivity index (χ1v) is 11.7. The molecule has 0 radical (unpaired) electrons. The van der Waals surface area contributed by atoms with E-state index < -0.39 is 17.7 Å². The van der Waals surface area contributed by atoms with Crippen molar-refractivity contribution in [2.75, 3.05) is 0 Å². The molecule has 1 aliphatic rings. The van der Waals surface area contributed by atoms with Crippen LogP contribution >= 0.6 is 11.3 Å². The van der Waals surface area contributed by atoms with Crippen molar-refractivity contribution in [3.8, 4) is 11.1 Å². The summed E-state index contributed by atoms with van der Waals surface area (Å²) in [5, 5.41) is 11.2. The number of thiophene rings is 1. The number of carboxylic acids is 1. The number of aryl methyl sites for hydroxylation is 3. The minimum atomic E-state index is -1.15. The van der Waals surface area contributed by atoms with Crippen molar-refractivity contribution in [1.82, 2.24) is 9.97 Å². The predicted octanol–water partition coefficient (Wildman–Crippen LogP) is 6.23. The first-order valence-electron chi connectivity index (χ1n) is 10.9. The molecule has 0 fully saturated rings. The number of hydrogen-bond donors (Lipinski definition) is 1. The molecule has 0 saturated carbocycles. The smallest absolute Gasteiger partial charge is 0.337 e. The molecule has 1 aliphatic carbocycles. The highest BCUT2D eigenvalue weighted by molar-refractivity contribution is 7.19. The number of aliphatic carboxylic acids is 1. The maximum absolute atomic E-state index is 12.5. The van der Waals surface area contributed by atoms with E-state index >= 15 is 0 Å². The van der Waals surface area contributed by atoms with Crippen LogP contribution in [0.3, 0.4) is 0 Å². The number of carbonyl (C=O) groups is 1. The zero-order valence-corrected chi connectivity index (χ0v) is 19.5. The third-order valence-electron chi connectivity index (χ3n) is 5.88. The normalized spacial score (nSPS) is 15.2. The van der Waals surface area contributed by atoms with E-state index in [9.17, 15) is 9.90 Å². The number of carboxylic acid groups (broad SMARTS) is 1. The van der Waals surface area contributed by atoms with Crippen molar-refractivity contribution in [3.63, 3.8) is 0 Å². The number of nitrogens with zero attached hydrogens (tertiary/aromatic N) is 2. The Morgan fingerprint density at radius 3 is 2.81 bits per heavy atom. The van der Waals surface area contributed by atoms with Gasteiger partial charge in [0.05, 0.1) is 11.9 Å². The van der Waals surface area contributed by atoms with Crippen LogP contribution in [0.1, 0.15) is 61.4 Å². The summed E-state index contributed by atoms with van der Waals surface area (Å²) in [6, 6.07) is 3.77. The Hall–Kier alpha value is -2.77. The molecule has 4 aromatic heterocycles. The van der Waals surface area contributed by atoms with Gasteiger partial charge in [0.2, 0.25) is 0 Å². The summed E-state index contributed by atoms with van der Waals surface area (Å²) in [6.45, 7) is 7.48. The molecule has 0 amide bonds. The summed E-state index contributed by atoms with van der Waals surface area (Å²) in [7, 11) is 0. The molecular formula is C25H26N2O4S. The first-order chi connectivity index (χ1) is 15.2. The Kier molecular flexibility index (Phi) is 5.06. The van der Waals surface area contributed by atoms with Crippen LogP contribution in [0.15, 0.2) is 29.0 Å². The van der Waals surface area contributed by atoms with E-state index in [1.165, 1.54) is 16.9 Å². The molecule has 1 atom stereocenters. The summed E-state index contributed by atoms with van der Waals surface area (Å²) in [6.07, 6.45) is 6.59. The summed E-state index contributed by atoms with van der Waals surface area (Å²) >= 11 is 1.73. The van der Waals surface area contributed by atoms with Gasteiger partial charge in [-0.3, -0.25) is 4.98 Å². The van der Waals surface area contributed by atoms with Crippen LogP contribution in [0.4, 0.5) is 0 Å². The van der Waals surface area contributed by atoms with Crippen molar-refractivity contribution < 1.29 is 19.1 Å². The van der Waals surface area contributed by atoms with Gasteiger partial charge in [-0.05, 0) is 65.0 Å². The van der Waals surface area contributed by atoms with Crippen molar-refractivity contribution in [1.29, 1.82) is 0 Å². The number of hydrogen-bond acceptors (Lipinski definition) is 6. The molecule has 0 aliphatic heterocycles. The van der Waals surface area contributed by atoms with Gasteiger partial charge in [0, 0.05) is 44.9 Å². The van der Waals surface area contributed by atoms with Crippen LogP contribution in [0.2, 0.25) is 0 Å². The van der Waals surface area contributed by atoms with Crippen LogP contribution in [0, 0.1) is 6.92 Å². The minimum absolute atomic E-state index is 0.596.